The first-order valence-electron chi connectivity index (χ1n) is 20.3. The van der Waals surface area contributed by atoms with Gasteiger partial charge in [0, 0.05) is 33.2 Å². The van der Waals surface area contributed by atoms with Crippen LogP contribution < -0.4 is 10.4 Å². The Kier molecular flexibility index (Phi) is 7.77. The highest BCUT2D eigenvalue weighted by molar-refractivity contribution is 8.00. The third kappa shape index (κ3) is 5.47. The zero-order valence-corrected chi connectivity index (χ0v) is 33.8. The summed E-state index contributed by atoms with van der Waals surface area (Å²) in [6.45, 7) is 14.6. The van der Waals surface area contributed by atoms with Gasteiger partial charge in [-0.25, -0.2) is 0 Å². The van der Waals surface area contributed by atoms with E-state index in [0.717, 1.165) is 51.4 Å². The molecule has 5 aromatic rings. The predicted molar refractivity (Wildman–Crippen MR) is 223 cm³/mol. The van der Waals surface area contributed by atoms with Crippen LogP contribution in [0.5, 0.6) is 0 Å². The van der Waals surface area contributed by atoms with Crippen LogP contribution in [0, 0.1) is 0 Å². The molecule has 2 aliphatic heterocycles. The lowest BCUT2D eigenvalue weighted by molar-refractivity contribution is 0.603. The van der Waals surface area contributed by atoms with E-state index in [1.807, 2.05) is 23.5 Å². The van der Waals surface area contributed by atoms with E-state index in [0.29, 0.717) is 0 Å². The first-order valence-corrected chi connectivity index (χ1v) is 23.9. The third-order valence-electron chi connectivity index (χ3n) is 12.9. The second-order valence-corrected chi connectivity index (χ2v) is 23.5. The van der Waals surface area contributed by atoms with Gasteiger partial charge in [0.2, 0.25) is 0 Å². The van der Waals surface area contributed by atoms with Gasteiger partial charge in [-0.05, 0) is 99.3 Å². The van der Waals surface area contributed by atoms with Gasteiger partial charge in [-0.3, -0.25) is 0 Å². The molecule has 51 heavy (non-hydrogen) atoms. The fourth-order valence-electron chi connectivity index (χ4n) is 9.70. The summed E-state index contributed by atoms with van der Waals surface area (Å²) in [7, 11) is -2.20. The van der Waals surface area contributed by atoms with Gasteiger partial charge < -0.3 is 0 Å². The molecule has 0 amide bonds. The van der Waals surface area contributed by atoms with Gasteiger partial charge in [-0.15, -0.1) is 0 Å². The van der Waals surface area contributed by atoms with E-state index in [4.69, 9.17) is 0 Å². The molecule has 3 heteroatoms. The topological polar surface area (TPSA) is 0 Å². The maximum atomic E-state index is 9.93. The van der Waals surface area contributed by atoms with Gasteiger partial charge in [0.15, 0.2) is 0 Å². The highest BCUT2D eigenvalue weighted by Crippen LogP contribution is 2.56. The van der Waals surface area contributed by atoms with Gasteiger partial charge in [0.05, 0.1) is 0 Å². The molecule has 260 valence electrons. The van der Waals surface area contributed by atoms with Gasteiger partial charge in [0.25, 0.3) is 0 Å². The fourth-order valence-corrected chi connectivity index (χ4v) is 16.2. The highest BCUT2D eigenvalue weighted by atomic mass is 32.2. The summed E-state index contributed by atoms with van der Waals surface area (Å²) in [4.78, 5) is 5.44. The Hall–Kier alpha value is -2.98. The van der Waals surface area contributed by atoms with Crippen LogP contribution in [0.4, 0.5) is 0 Å². The average Bonchev–Trinajstić information content (AvgIpc) is 3.80. The zero-order chi connectivity index (χ0) is 37.0. The number of rotatable bonds is 5. The van der Waals surface area contributed by atoms with E-state index < -0.39 is 19.9 Å². The second-order valence-electron chi connectivity index (χ2n) is 17.0. The number of fused-ring (bicyclic) bond motifs is 4. The SMILES string of the molecule is [2H]C1(c2ccc3c(c2)Sc2c(ccc(C4([2H])CCCC4)c2-c2cccc([Si](C)(C)c4cccc5c4Sc4ccccc4C5(C)C)c2)C3(C)C)CCCC1. The number of hydrogen-bond donors (Lipinski definition) is 0. The third-order valence-corrected chi connectivity index (χ3v) is 19.0. The van der Waals surface area contributed by atoms with Crippen LogP contribution in [0.25, 0.3) is 11.1 Å². The van der Waals surface area contributed by atoms with Gasteiger partial charge in [-0.2, -0.15) is 0 Å². The molecule has 0 unspecified atom stereocenters. The van der Waals surface area contributed by atoms with E-state index in [9.17, 15) is 2.74 Å². The summed E-state index contributed by atoms with van der Waals surface area (Å²) < 4.78 is 19.3. The minimum Gasteiger partial charge on any atom is -0.0896 e. The highest BCUT2D eigenvalue weighted by Gasteiger charge is 2.40. The molecule has 4 aliphatic rings. The molecule has 2 fully saturated rings. The number of benzene rings is 5. The van der Waals surface area contributed by atoms with Crippen molar-refractivity contribution in [3.8, 4) is 11.1 Å². The Morgan fingerprint density at radius 3 is 1.96 bits per heavy atom. The molecule has 2 saturated carbocycles. The molecule has 5 aromatic carbocycles. The van der Waals surface area contributed by atoms with Crippen LogP contribution in [0.3, 0.4) is 0 Å². The molecule has 0 radical (unpaired) electrons. The Morgan fingerprint density at radius 2 is 1.20 bits per heavy atom. The van der Waals surface area contributed by atoms with Crippen LogP contribution >= 0.6 is 23.5 Å². The molecule has 0 N–H and O–H groups in total. The van der Waals surface area contributed by atoms with E-state index in [2.05, 4.69) is 138 Å². The summed E-state index contributed by atoms with van der Waals surface area (Å²) in [6, 6.07) is 37.2. The van der Waals surface area contributed by atoms with Crippen LogP contribution in [0.1, 0.15) is 127 Å². The minimum atomic E-state index is -2.20. The summed E-state index contributed by atoms with van der Waals surface area (Å²) in [5, 5.41) is 2.95. The van der Waals surface area contributed by atoms with E-state index in [1.54, 1.807) is 0 Å². The van der Waals surface area contributed by atoms with E-state index in [-0.39, 0.29) is 10.8 Å². The quantitative estimate of drug-likeness (QED) is 0.166. The van der Waals surface area contributed by atoms with Crippen LogP contribution in [0.15, 0.2) is 117 Å². The van der Waals surface area contributed by atoms with Crippen molar-refractivity contribution in [1.29, 1.82) is 0 Å². The van der Waals surface area contributed by atoms with Crippen molar-refractivity contribution in [2.45, 2.75) is 134 Å². The van der Waals surface area contributed by atoms with E-state index in [1.165, 1.54) is 74.5 Å². The van der Waals surface area contributed by atoms with Crippen molar-refractivity contribution in [1.82, 2.24) is 0 Å². The summed E-state index contributed by atoms with van der Waals surface area (Å²) in [5.74, 6) is -1.06. The van der Waals surface area contributed by atoms with Crippen LogP contribution in [0.2, 0.25) is 13.1 Å². The maximum Gasteiger partial charge on any atom is 0.113 e. The first-order chi connectivity index (χ1) is 25.2. The number of hydrogen-bond acceptors (Lipinski definition) is 2. The lowest BCUT2D eigenvalue weighted by Crippen LogP contribution is -2.54. The summed E-state index contributed by atoms with van der Waals surface area (Å²) in [5.41, 5.74) is 10.3. The molecule has 0 aromatic heterocycles. The average molecular weight is 723 g/mol. The maximum absolute atomic E-state index is 9.93. The standard InChI is InChI=1S/C48H52S2Si/c1-47(2)37-21-11-12-23-41(37)49-45-39(47)22-14-24-43(45)51(5,6)35-20-13-19-34(29-35)44-36(32-17-9-10-18-32)26-28-40-46(44)50-42-30-33(31-15-7-8-16-31)25-27-38(42)48(40,3)4/h11-14,19-32H,7-10,15-18H2,1-6H3/i31D,32D. The van der Waals surface area contributed by atoms with Crippen molar-refractivity contribution in [2.24, 2.45) is 0 Å². The van der Waals surface area contributed by atoms with Gasteiger partial charge in [-0.1, -0.05) is 180 Å². The molecule has 0 atom stereocenters. The molecular formula is C48H52S2Si. The molecule has 2 aliphatic carbocycles. The Balaban J connectivity index is 1.20. The normalized spacial score (nSPS) is 21.1. The van der Waals surface area contributed by atoms with Gasteiger partial charge in [0.1, 0.15) is 8.07 Å². The first kappa shape index (κ1) is 31.5. The van der Waals surface area contributed by atoms with Crippen molar-refractivity contribution in [2.75, 3.05) is 0 Å². The molecule has 0 saturated heterocycles. The van der Waals surface area contributed by atoms with Crippen molar-refractivity contribution in [3.05, 3.63) is 130 Å². The molecule has 9 rings (SSSR count). The lowest BCUT2D eigenvalue weighted by Gasteiger charge is -2.38. The van der Waals surface area contributed by atoms with Crippen molar-refractivity contribution >= 4 is 42.0 Å². The molecule has 0 bridgehead atoms. The molecular weight excluding hydrogens is 669 g/mol. The molecule has 0 nitrogen and oxygen atoms in total. The molecule has 2 heterocycles. The Morgan fingerprint density at radius 1 is 0.588 bits per heavy atom. The smallest absolute Gasteiger partial charge is 0.0896 e. The predicted octanol–water partition coefficient (Wildman–Crippen LogP) is 13.1. The second kappa shape index (κ2) is 12.6. The van der Waals surface area contributed by atoms with Crippen LogP contribution in [-0.4, -0.2) is 8.07 Å². The Labute approximate surface area is 319 Å². The fraction of sp³-hybridized carbons (Fsp3) is 0.375. The monoisotopic (exact) mass is 722 g/mol. The Bertz CT molecular complexity index is 2270. The van der Waals surface area contributed by atoms with Crippen LogP contribution in [-0.2, 0) is 10.8 Å². The van der Waals surface area contributed by atoms with Crippen molar-refractivity contribution in [3.63, 3.8) is 0 Å². The lowest BCUT2D eigenvalue weighted by atomic mass is 9.75. The van der Waals surface area contributed by atoms with E-state index >= 15 is 0 Å². The molecule has 0 spiro atoms. The zero-order valence-electron chi connectivity index (χ0n) is 33.2. The minimum absolute atomic E-state index is 0.0567. The van der Waals surface area contributed by atoms with Gasteiger partial charge >= 0.3 is 0 Å². The summed E-state index contributed by atoms with van der Waals surface area (Å²) >= 11 is 3.88. The van der Waals surface area contributed by atoms with Crippen molar-refractivity contribution < 1.29 is 2.74 Å². The summed E-state index contributed by atoms with van der Waals surface area (Å²) in [6.07, 6.45) is 8.26. The largest absolute Gasteiger partial charge is 0.113 e.